The van der Waals surface area contributed by atoms with Gasteiger partial charge in [-0.25, -0.2) is 27.5 Å². The van der Waals surface area contributed by atoms with Crippen LogP contribution in [0.3, 0.4) is 0 Å². The summed E-state index contributed by atoms with van der Waals surface area (Å²) in [5, 5.41) is 4.31. The first-order chi connectivity index (χ1) is 26.0. The number of aromatic nitrogens is 4. The van der Waals surface area contributed by atoms with Crippen LogP contribution in [-0.2, 0) is 10.2 Å². The van der Waals surface area contributed by atoms with Gasteiger partial charge in [0, 0.05) is 35.9 Å². The smallest absolute Gasteiger partial charge is 0.261 e. The minimum Gasteiger partial charge on any atom is -0.341 e. The lowest BCUT2D eigenvalue weighted by Gasteiger charge is -2.55. The second-order valence-electron chi connectivity index (χ2n) is 17.4. The van der Waals surface area contributed by atoms with Crippen molar-refractivity contribution in [2.75, 3.05) is 23.3 Å². The molecule has 1 aromatic carbocycles. The molecule has 1 saturated heterocycles. The molecule has 3 aromatic heterocycles. The van der Waals surface area contributed by atoms with Crippen LogP contribution < -0.4 is 15.5 Å². The maximum absolute atomic E-state index is 15.6. The van der Waals surface area contributed by atoms with Gasteiger partial charge in [0.05, 0.1) is 50.6 Å². The largest absolute Gasteiger partial charge is 0.341 e. The van der Waals surface area contributed by atoms with Crippen LogP contribution in [-0.4, -0.2) is 72.9 Å². The van der Waals surface area contributed by atoms with E-state index in [2.05, 4.69) is 27.4 Å². The predicted octanol–water partition coefficient (Wildman–Crippen LogP) is 8.16. The number of likely N-dealkylation sites (tertiary alicyclic amines) is 1. The van der Waals surface area contributed by atoms with E-state index in [1.54, 1.807) is 18.6 Å². The molecule has 5 heterocycles. The van der Waals surface area contributed by atoms with E-state index < -0.39 is 51.2 Å². The summed E-state index contributed by atoms with van der Waals surface area (Å²) >= 11 is 6.08. The van der Waals surface area contributed by atoms with Gasteiger partial charge in [-0.15, -0.1) is 0 Å². The molecule has 2 atom stereocenters. The van der Waals surface area contributed by atoms with Gasteiger partial charge in [0.25, 0.3) is 12.3 Å². The van der Waals surface area contributed by atoms with Crippen molar-refractivity contribution in [1.82, 2.24) is 29.7 Å². The van der Waals surface area contributed by atoms with Gasteiger partial charge < -0.3 is 20.1 Å². The van der Waals surface area contributed by atoms with Crippen molar-refractivity contribution in [2.45, 2.75) is 108 Å². The Bertz CT molecular complexity index is 2280. The van der Waals surface area contributed by atoms with Crippen molar-refractivity contribution in [2.24, 2.45) is 11.8 Å². The van der Waals surface area contributed by atoms with Crippen LogP contribution in [0.1, 0.15) is 95.2 Å². The summed E-state index contributed by atoms with van der Waals surface area (Å²) in [6, 6.07) is 4.59. The number of benzene rings is 1. The predicted molar refractivity (Wildman–Crippen MR) is 201 cm³/mol. The number of anilines is 3. The highest BCUT2D eigenvalue weighted by Crippen LogP contribution is 2.53. The van der Waals surface area contributed by atoms with Crippen molar-refractivity contribution >= 4 is 51.6 Å². The number of nitrogens with zero attached hydrogens (tertiary/aromatic N) is 6. The molecule has 2 N–H and O–H groups in total. The van der Waals surface area contributed by atoms with Gasteiger partial charge in [0.1, 0.15) is 11.1 Å². The molecule has 3 aliphatic carbocycles. The van der Waals surface area contributed by atoms with Crippen LogP contribution in [0.25, 0.3) is 22.3 Å². The fraction of sp³-hybridized carbons (Fsp3) is 0.525. The first-order valence-corrected chi connectivity index (χ1v) is 19.4. The lowest BCUT2D eigenvalue weighted by atomic mass is 9.71. The van der Waals surface area contributed by atoms with E-state index in [0.717, 1.165) is 49.5 Å². The molecular formula is C40H43ClF4N8O2. The fourth-order valence-electron chi connectivity index (χ4n) is 9.10. The molecule has 9 rings (SSSR count). The Hall–Kier alpha value is -4.30. The van der Waals surface area contributed by atoms with Crippen LogP contribution in [0.5, 0.6) is 0 Å². The van der Waals surface area contributed by atoms with Gasteiger partial charge >= 0.3 is 0 Å². The quantitative estimate of drug-likeness (QED) is 0.130. The number of nitrogens with one attached hydrogen (secondary N) is 2. The average Bonchev–Trinajstić information content (AvgIpc) is 4.04. The first kappa shape index (κ1) is 36.3. The lowest BCUT2D eigenvalue weighted by Crippen LogP contribution is -2.64. The number of rotatable bonds is 9. The van der Waals surface area contributed by atoms with Gasteiger partial charge in [-0.05, 0) is 110 Å². The zero-order chi connectivity index (χ0) is 38.9. The molecular weight excluding hydrogens is 736 g/mol. The number of hydrogen-bond acceptors (Lipinski definition) is 7. The topological polar surface area (TPSA) is 108 Å². The first-order valence-electron chi connectivity index (χ1n) is 19.0. The Morgan fingerprint density at radius 2 is 1.78 bits per heavy atom. The standard InChI is InChI=1S/C40H43ClF4N8O2/c1-19(2)52-18-47-27-13-25(48-34(32(27)52)49-26-12-24(29(41)31(43)30(26)42)35(54)50-40(7-8-40)36(44)45)21-11-28-33(46-16-21)38(3,4)37(55)53(28)23-14-39(5,15-23)51-9-6-20-10-22(20)17-51/h11-13,16,18-20,22-23,36H,6-10,14-15,17H2,1-5H3,(H,48,49)(H,50,54)/t20?,22?,23-,39+. The Morgan fingerprint density at radius 1 is 1.04 bits per heavy atom. The molecule has 4 fully saturated rings. The molecule has 4 aromatic rings. The van der Waals surface area contributed by atoms with E-state index in [4.69, 9.17) is 21.6 Å². The molecule has 15 heteroatoms. The van der Waals surface area contributed by atoms with Crippen molar-refractivity contribution in [3.05, 3.63) is 58.6 Å². The third-order valence-electron chi connectivity index (χ3n) is 12.9. The number of fused-ring (bicyclic) bond motifs is 3. The highest BCUT2D eigenvalue weighted by molar-refractivity contribution is 6.34. The second-order valence-corrected chi connectivity index (χ2v) is 17.7. The van der Waals surface area contributed by atoms with Gasteiger partial charge in [0.15, 0.2) is 17.5 Å². The summed E-state index contributed by atoms with van der Waals surface area (Å²) in [5.74, 6) is -2.14. The van der Waals surface area contributed by atoms with Crippen molar-refractivity contribution in [3.8, 4) is 11.3 Å². The van der Waals surface area contributed by atoms with Crippen LogP contribution in [0.15, 0.2) is 30.7 Å². The number of piperidine rings is 1. The summed E-state index contributed by atoms with van der Waals surface area (Å²) in [4.78, 5) is 46.1. The van der Waals surface area contributed by atoms with Crippen LogP contribution in [0.2, 0.25) is 5.02 Å². The van der Waals surface area contributed by atoms with E-state index in [0.29, 0.717) is 28.0 Å². The molecule has 0 bridgehead atoms. The monoisotopic (exact) mass is 778 g/mol. The summed E-state index contributed by atoms with van der Waals surface area (Å²) in [6.45, 7) is 12.2. The molecule has 2 amide bonds. The number of pyridine rings is 2. The van der Waals surface area contributed by atoms with Crippen molar-refractivity contribution in [1.29, 1.82) is 0 Å². The van der Waals surface area contributed by atoms with E-state index in [-0.39, 0.29) is 42.2 Å². The number of carbonyl (C=O) groups is 2. The molecule has 290 valence electrons. The second kappa shape index (κ2) is 12.3. The van der Waals surface area contributed by atoms with E-state index in [1.165, 1.54) is 12.8 Å². The van der Waals surface area contributed by atoms with E-state index >= 15 is 8.78 Å². The molecule has 5 aliphatic rings. The Labute approximate surface area is 321 Å². The molecule has 3 saturated carbocycles. The van der Waals surface area contributed by atoms with Crippen LogP contribution in [0.4, 0.5) is 34.8 Å². The molecule has 0 radical (unpaired) electrons. The fourth-order valence-corrected chi connectivity index (χ4v) is 9.33. The molecule has 2 aliphatic heterocycles. The van der Waals surface area contributed by atoms with Gasteiger partial charge in [0.2, 0.25) is 5.91 Å². The minimum atomic E-state index is -2.83. The number of hydrogen-bond donors (Lipinski definition) is 2. The Kier molecular flexibility index (Phi) is 8.16. The van der Waals surface area contributed by atoms with Gasteiger partial charge in [-0.1, -0.05) is 11.6 Å². The third-order valence-corrected chi connectivity index (χ3v) is 13.2. The number of imidazole rings is 1. The van der Waals surface area contributed by atoms with Crippen molar-refractivity contribution < 1.29 is 27.2 Å². The zero-order valence-electron chi connectivity index (χ0n) is 31.3. The SMILES string of the molecule is CC(C)n1cnc2cc(-c3cnc4c(c3)N([C@H]3C[C@@](C)(N5CCC6CC6C5)C3)C(=O)C4(C)C)nc(Nc3cc(C(=O)NC4(C(F)F)CC4)c(Cl)c(F)c3F)c21. The number of halogens is 5. The minimum absolute atomic E-state index is 0.00258. The van der Waals surface area contributed by atoms with Crippen molar-refractivity contribution in [3.63, 3.8) is 0 Å². The average molecular weight is 779 g/mol. The number of amides is 2. The Balaban J connectivity index is 1.07. The summed E-state index contributed by atoms with van der Waals surface area (Å²) in [7, 11) is 0. The van der Waals surface area contributed by atoms with Crippen LogP contribution >= 0.6 is 11.6 Å². The molecule has 55 heavy (non-hydrogen) atoms. The zero-order valence-corrected chi connectivity index (χ0v) is 32.1. The Morgan fingerprint density at radius 3 is 2.45 bits per heavy atom. The van der Waals surface area contributed by atoms with Gasteiger partial charge in [-0.3, -0.25) is 19.5 Å². The molecule has 0 spiro atoms. The van der Waals surface area contributed by atoms with E-state index in [1.807, 2.05) is 43.2 Å². The summed E-state index contributed by atoms with van der Waals surface area (Å²) in [5.41, 5.74) is -0.127. The summed E-state index contributed by atoms with van der Waals surface area (Å²) < 4.78 is 60.0. The normalized spacial score (nSPS) is 26.3. The maximum atomic E-state index is 15.6. The highest BCUT2D eigenvalue weighted by atomic mass is 35.5. The van der Waals surface area contributed by atoms with Gasteiger partial charge in [-0.2, -0.15) is 0 Å². The van der Waals surface area contributed by atoms with E-state index in [9.17, 15) is 18.4 Å². The highest BCUT2D eigenvalue weighted by Gasteiger charge is 2.57. The third kappa shape index (κ3) is 5.71. The lowest BCUT2D eigenvalue weighted by molar-refractivity contribution is -0.124. The summed E-state index contributed by atoms with van der Waals surface area (Å²) in [6.07, 6.45) is 4.86. The molecule has 2 unspecified atom stereocenters. The number of alkyl halides is 2. The molecule has 10 nitrogen and oxygen atoms in total. The number of carbonyl (C=O) groups excluding carboxylic acids is 2. The van der Waals surface area contributed by atoms with Crippen LogP contribution in [0, 0.1) is 23.5 Å². The maximum Gasteiger partial charge on any atom is 0.261 e.